The second kappa shape index (κ2) is 19.2. The van der Waals surface area contributed by atoms with Gasteiger partial charge in [-0.05, 0) is 72.0 Å². The van der Waals surface area contributed by atoms with E-state index in [-0.39, 0.29) is 29.8 Å². The highest BCUT2D eigenvalue weighted by Gasteiger charge is 2.32. The van der Waals surface area contributed by atoms with E-state index in [4.69, 9.17) is 9.97 Å². The molecule has 4 aromatic carbocycles. The van der Waals surface area contributed by atoms with Crippen molar-refractivity contribution in [2.24, 2.45) is 5.92 Å². The monoisotopic (exact) mass is 807 g/mol. The van der Waals surface area contributed by atoms with Crippen LogP contribution in [-0.2, 0) is 22.6 Å². The Balaban J connectivity index is 0.891. The molecular weight excluding hydrogens is 755 g/mol. The molecule has 0 spiro atoms. The van der Waals surface area contributed by atoms with E-state index in [9.17, 15) is 9.59 Å². The van der Waals surface area contributed by atoms with Gasteiger partial charge in [-0.2, -0.15) is 0 Å². The van der Waals surface area contributed by atoms with Crippen molar-refractivity contribution in [1.82, 2.24) is 25.1 Å². The van der Waals surface area contributed by atoms with Crippen LogP contribution in [0.15, 0.2) is 122 Å². The molecule has 1 N–H and O–H groups in total. The van der Waals surface area contributed by atoms with Crippen LogP contribution in [0.25, 0.3) is 32.0 Å². The number of nitrogens with zero attached hydrogens (tertiary/aromatic N) is 4. The molecule has 0 bridgehead atoms. The number of hydrogen-bond acceptors (Lipinski definition) is 7. The topological polar surface area (TPSA) is 78.4 Å². The predicted octanol–water partition coefficient (Wildman–Crippen LogP) is 11.2. The molecule has 7 nitrogen and oxygen atoms in total. The van der Waals surface area contributed by atoms with Gasteiger partial charge in [0.1, 0.15) is 10.0 Å². The molecule has 298 valence electrons. The van der Waals surface area contributed by atoms with E-state index < -0.39 is 0 Å². The molecule has 58 heavy (non-hydrogen) atoms. The molecular formula is C49H53N5O2S2. The second-order valence-electron chi connectivity index (χ2n) is 15.8. The van der Waals surface area contributed by atoms with E-state index in [1.807, 2.05) is 53.7 Å². The highest BCUT2D eigenvalue weighted by Crippen LogP contribution is 2.38. The molecule has 2 aromatic heterocycles. The first-order chi connectivity index (χ1) is 28.5. The summed E-state index contributed by atoms with van der Waals surface area (Å²) in [6.45, 7) is 5.44. The number of carbonyl (C=O) groups excluding carboxylic acids is 2. The maximum Gasteiger partial charge on any atom is 0.227 e. The molecule has 6 aromatic rings. The van der Waals surface area contributed by atoms with Crippen molar-refractivity contribution < 1.29 is 9.59 Å². The summed E-state index contributed by atoms with van der Waals surface area (Å²) in [5.74, 6) is 0.508. The Morgan fingerprint density at radius 3 is 2.03 bits per heavy atom. The minimum Gasteiger partial charge on any atom is -0.348 e. The summed E-state index contributed by atoms with van der Waals surface area (Å²) < 4.78 is 0. The van der Waals surface area contributed by atoms with Gasteiger partial charge in [0, 0.05) is 31.4 Å². The Bertz CT molecular complexity index is 2230. The fourth-order valence-corrected chi connectivity index (χ4v) is 10.6. The van der Waals surface area contributed by atoms with Gasteiger partial charge in [-0.1, -0.05) is 135 Å². The largest absolute Gasteiger partial charge is 0.348 e. The first kappa shape index (κ1) is 39.8. The van der Waals surface area contributed by atoms with Crippen molar-refractivity contribution in [3.8, 4) is 32.0 Å². The molecule has 1 aliphatic carbocycles. The van der Waals surface area contributed by atoms with Crippen LogP contribution in [0.2, 0.25) is 0 Å². The third kappa shape index (κ3) is 9.83. The van der Waals surface area contributed by atoms with Crippen LogP contribution in [0.3, 0.4) is 0 Å². The van der Waals surface area contributed by atoms with Crippen LogP contribution in [0.5, 0.6) is 0 Å². The summed E-state index contributed by atoms with van der Waals surface area (Å²) in [6.07, 6.45) is 12.9. The summed E-state index contributed by atoms with van der Waals surface area (Å²) in [6, 6.07) is 37.9. The lowest BCUT2D eigenvalue weighted by atomic mass is 9.88. The summed E-state index contributed by atoms with van der Waals surface area (Å²) in [5, 5.41) is 5.55. The molecule has 2 atom stereocenters. The molecule has 1 saturated carbocycles. The molecule has 1 aliphatic heterocycles. The Morgan fingerprint density at radius 2 is 1.36 bits per heavy atom. The number of hydrogen-bond donors (Lipinski definition) is 1. The van der Waals surface area contributed by atoms with E-state index in [0.717, 1.165) is 119 Å². The van der Waals surface area contributed by atoms with Gasteiger partial charge in [0.05, 0.1) is 34.8 Å². The lowest BCUT2D eigenvalue weighted by Crippen LogP contribution is -2.41. The van der Waals surface area contributed by atoms with Gasteiger partial charge < -0.3 is 10.2 Å². The molecule has 2 amide bonds. The molecule has 9 heteroatoms. The molecule has 2 aliphatic rings. The third-order valence-electron chi connectivity index (χ3n) is 11.6. The van der Waals surface area contributed by atoms with Crippen LogP contribution in [0.4, 0.5) is 0 Å². The standard InChI is InChI=1S/C49H53N5O2S2/c1-2-28-53(33-42(38-15-8-4-9-16-38)52-48(56)41-17-10-5-11-18-41)34-46-50-31-44(57-46)39-24-20-36(21-25-39)37-22-26-40(27-23-37)45-32-51-49(58-45)43-19-12-29-54(43)47(55)30-35-13-6-3-7-14-35/h3-4,6-9,13-16,20-27,31-32,41-43H,2,5,10-12,17-19,28-30,33-34H2,1H3,(H,52,56). The summed E-state index contributed by atoms with van der Waals surface area (Å²) in [4.78, 5) is 43.1. The Hall–Kier alpha value is -4.96. The van der Waals surface area contributed by atoms with Crippen LogP contribution in [0.1, 0.15) is 91.5 Å². The van der Waals surface area contributed by atoms with Crippen LogP contribution >= 0.6 is 22.7 Å². The highest BCUT2D eigenvalue weighted by atomic mass is 32.1. The third-order valence-corrected chi connectivity index (χ3v) is 13.8. The first-order valence-corrected chi connectivity index (χ1v) is 22.7. The van der Waals surface area contributed by atoms with Gasteiger partial charge in [-0.25, -0.2) is 9.97 Å². The molecule has 8 rings (SSSR count). The normalized spacial score (nSPS) is 16.4. The molecule has 1 saturated heterocycles. The molecule has 3 heterocycles. The summed E-state index contributed by atoms with van der Waals surface area (Å²) in [7, 11) is 0. The minimum absolute atomic E-state index is 0.0505. The highest BCUT2D eigenvalue weighted by molar-refractivity contribution is 7.15. The summed E-state index contributed by atoms with van der Waals surface area (Å²) in [5.41, 5.74) is 6.84. The SMILES string of the molecule is CCCN(Cc1ncc(-c2ccc(-c3ccc(-c4cnc(C5CCCN5C(=O)Cc5ccccc5)s4)cc3)cc2)s1)CC(NC(=O)C1CCCCC1)c1ccccc1. The molecule has 2 unspecified atom stereocenters. The fourth-order valence-electron chi connectivity index (χ4n) is 8.51. The number of amides is 2. The quantitative estimate of drug-likeness (QED) is 0.112. The average Bonchev–Trinajstić information content (AvgIpc) is 4.07. The lowest BCUT2D eigenvalue weighted by Gasteiger charge is -2.30. The number of thiazole rings is 2. The number of rotatable bonds is 15. The van der Waals surface area contributed by atoms with Crippen molar-refractivity contribution in [3.05, 3.63) is 143 Å². The number of nitrogens with one attached hydrogen (secondary N) is 1. The first-order valence-electron chi connectivity index (χ1n) is 21.0. The van der Waals surface area contributed by atoms with Crippen molar-refractivity contribution in [2.75, 3.05) is 19.6 Å². The van der Waals surface area contributed by atoms with E-state index >= 15 is 0 Å². The Morgan fingerprint density at radius 1 is 0.741 bits per heavy atom. The maximum atomic E-state index is 13.4. The minimum atomic E-state index is -0.0622. The van der Waals surface area contributed by atoms with E-state index in [1.54, 1.807) is 22.7 Å². The van der Waals surface area contributed by atoms with Gasteiger partial charge >= 0.3 is 0 Å². The number of carbonyl (C=O) groups is 2. The van der Waals surface area contributed by atoms with Gasteiger partial charge in [0.15, 0.2) is 0 Å². The molecule has 2 fully saturated rings. The van der Waals surface area contributed by atoms with Crippen molar-refractivity contribution in [3.63, 3.8) is 0 Å². The number of benzene rings is 4. The Kier molecular flexibility index (Phi) is 13.2. The summed E-state index contributed by atoms with van der Waals surface area (Å²) >= 11 is 3.45. The van der Waals surface area contributed by atoms with Crippen molar-refractivity contribution in [2.45, 2.75) is 83.3 Å². The predicted molar refractivity (Wildman–Crippen MR) is 237 cm³/mol. The number of aromatic nitrogens is 2. The zero-order chi connectivity index (χ0) is 39.7. The van der Waals surface area contributed by atoms with Gasteiger partial charge in [0.2, 0.25) is 11.8 Å². The van der Waals surface area contributed by atoms with Crippen LogP contribution in [-0.4, -0.2) is 51.2 Å². The lowest BCUT2D eigenvalue weighted by molar-refractivity contribution is -0.131. The molecule has 0 radical (unpaired) electrons. The zero-order valence-corrected chi connectivity index (χ0v) is 35.0. The maximum absolute atomic E-state index is 13.4. The van der Waals surface area contributed by atoms with Crippen LogP contribution < -0.4 is 5.32 Å². The second-order valence-corrected chi connectivity index (χ2v) is 18.0. The van der Waals surface area contributed by atoms with E-state index in [0.29, 0.717) is 6.42 Å². The number of likely N-dealkylation sites (tertiary alicyclic amines) is 1. The van der Waals surface area contributed by atoms with Crippen molar-refractivity contribution >= 4 is 34.5 Å². The van der Waals surface area contributed by atoms with E-state index in [1.165, 1.54) is 12.0 Å². The smallest absolute Gasteiger partial charge is 0.227 e. The Labute approximate surface area is 351 Å². The van der Waals surface area contributed by atoms with Gasteiger partial charge in [0.25, 0.3) is 0 Å². The van der Waals surface area contributed by atoms with Gasteiger partial charge in [-0.15, -0.1) is 22.7 Å². The average molecular weight is 808 g/mol. The van der Waals surface area contributed by atoms with Gasteiger partial charge in [-0.3, -0.25) is 14.5 Å². The zero-order valence-electron chi connectivity index (χ0n) is 33.4. The van der Waals surface area contributed by atoms with Crippen LogP contribution in [0, 0.1) is 5.92 Å². The van der Waals surface area contributed by atoms with Crippen molar-refractivity contribution in [1.29, 1.82) is 0 Å². The fraction of sp³-hybridized carbons (Fsp3) is 0.347. The van der Waals surface area contributed by atoms with E-state index in [2.05, 4.69) is 89.9 Å².